The molecule has 0 spiro atoms. The standard InChI is InChI=1S/C14H19N3/c1-14(2)6-5-12(8-14)17-10-11-4-3-7-16-13(11)9-15/h3-4,7,12,17H,5-6,8,10H2,1-2H3. The fraction of sp³-hybridized carbons (Fsp3) is 0.571. The first-order chi connectivity index (χ1) is 8.11. The van der Waals surface area contributed by atoms with E-state index in [1.807, 2.05) is 12.1 Å². The summed E-state index contributed by atoms with van der Waals surface area (Å²) in [5, 5.41) is 12.5. The molecular formula is C14H19N3. The summed E-state index contributed by atoms with van der Waals surface area (Å²) < 4.78 is 0. The quantitative estimate of drug-likeness (QED) is 0.866. The summed E-state index contributed by atoms with van der Waals surface area (Å²) in [5.41, 5.74) is 2.00. The summed E-state index contributed by atoms with van der Waals surface area (Å²) >= 11 is 0. The van der Waals surface area contributed by atoms with Crippen LogP contribution >= 0.6 is 0 Å². The second-order valence-corrected chi connectivity index (χ2v) is 5.61. The maximum Gasteiger partial charge on any atom is 0.144 e. The summed E-state index contributed by atoms with van der Waals surface area (Å²) in [7, 11) is 0. The molecule has 0 amide bonds. The van der Waals surface area contributed by atoms with E-state index >= 15 is 0 Å². The number of aromatic nitrogens is 1. The lowest BCUT2D eigenvalue weighted by molar-refractivity contribution is 0.364. The van der Waals surface area contributed by atoms with Gasteiger partial charge in [0, 0.05) is 24.3 Å². The zero-order valence-corrected chi connectivity index (χ0v) is 10.5. The first-order valence-corrected chi connectivity index (χ1v) is 6.18. The van der Waals surface area contributed by atoms with E-state index in [1.54, 1.807) is 6.20 Å². The Bertz CT molecular complexity index is 431. The Morgan fingerprint density at radius 3 is 3.06 bits per heavy atom. The Morgan fingerprint density at radius 1 is 1.59 bits per heavy atom. The molecule has 1 atom stereocenters. The molecule has 1 N–H and O–H groups in total. The Balaban J connectivity index is 1.93. The summed E-state index contributed by atoms with van der Waals surface area (Å²) in [4.78, 5) is 4.07. The van der Waals surface area contributed by atoms with Gasteiger partial charge in [0.1, 0.15) is 11.8 Å². The minimum Gasteiger partial charge on any atom is -0.310 e. The SMILES string of the molecule is CC1(C)CCC(NCc2cccnc2C#N)C1. The van der Waals surface area contributed by atoms with Crippen LogP contribution in [0.5, 0.6) is 0 Å². The van der Waals surface area contributed by atoms with Gasteiger partial charge >= 0.3 is 0 Å². The van der Waals surface area contributed by atoms with Crippen LogP contribution in [0.1, 0.15) is 44.4 Å². The van der Waals surface area contributed by atoms with Crippen molar-refractivity contribution in [2.45, 2.75) is 45.7 Å². The molecule has 1 unspecified atom stereocenters. The van der Waals surface area contributed by atoms with Crippen molar-refractivity contribution >= 4 is 0 Å². The van der Waals surface area contributed by atoms with E-state index < -0.39 is 0 Å². The summed E-state index contributed by atoms with van der Waals surface area (Å²) in [6, 6.07) is 6.57. The van der Waals surface area contributed by atoms with E-state index in [0.717, 1.165) is 12.1 Å². The van der Waals surface area contributed by atoms with Crippen LogP contribution in [0, 0.1) is 16.7 Å². The highest BCUT2D eigenvalue weighted by Gasteiger charge is 2.30. The van der Waals surface area contributed by atoms with Crippen molar-refractivity contribution in [2.24, 2.45) is 5.41 Å². The van der Waals surface area contributed by atoms with Gasteiger partial charge in [-0.3, -0.25) is 0 Å². The molecule has 1 heterocycles. The first kappa shape index (κ1) is 12.1. The smallest absolute Gasteiger partial charge is 0.144 e. The van der Waals surface area contributed by atoms with E-state index in [9.17, 15) is 0 Å². The lowest BCUT2D eigenvalue weighted by Gasteiger charge is -2.18. The van der Waals surface area contributed by atoms with Crippen molar-refractivity contribution in [3.8, 4) is 6.07 Å². The number of pyridine rings is 1. The average Bonchev–Trinajstić information content (AvgIpc) is 2.67. The third-order valence-electron chi connectivity index (χ3n) is 3.55. The maximum absolute atomic E-state index is 8.95. The highest BCUT2D eigenvalue weighted by Crippen LogP contribution is 2.36. The lowest BCUT2D eigenvalue weighted by Crippen LogP contribution is -2.27. The van der Waals surface area contributed by atoms with E-state index in [4.69, 9.17) is 5.26 Å². The fourth-order valence-electron chi connectivity index (χ4n) is 2.55. The van der Waals surface area contributed by atoms with Crippen LogP contribution < -0.4 is 5.32 Å². The minimum atomic E-state index is 0.463. The molecule has 0 bridgehead atoms. The molecule has 1 aliphatic carbocycles. The van der Waals surface area contributed by atoms with Crippen LogP contribution in [0.2, 0.25) is 0 Å². The zero-order valence-electron chi connectivity index (χ0n) is 10.5. The van der Waals surface area contributed by atoms with E-state index in [0.29, 0.717) is 17.2 Å². The molecule has 0 radical (unpaired) electrons. The van der Waals surface area contributed by atoms with E-state index in [2.05, 4.69) is 30.2 Å². The van der Waals surface area contributed by atoms with Crippen molar-refractivity contribution in [1.82, 2.24) is 10.3 Å². The van der Waals surface area contributed by atoms with Crippen molar-refractivity contribution in [1.29, 1.82) is 5.26 Å². The Kier molecular flexibility index (Phi) is 3.44. The van der Waals surface area contributed by atoms with Crippen molar-refractivity contribution in [2.75, 3.05) is 0 Å². The predicted molar refractivity (Wildman–Crippen MR) is 67.2 cm³/mol. The second-order valence-electron chi connectivity index (χ2n) is 5.61. The molecule has 0 saturated heterocycles. The second kappa shape index (κ2) is 4.85. The van der Waals surface area contributed by atoms with Gasteiger partial charge in [0.25, 0.3) is 0 Å². The Morgan fingerprint density at radius 2 is 2.41 bits per heavy atom. The normalized spacial score (nSPS) is 22.3. The molecule has 1 aromatic rings. The molecule has 90 valence electrons. The van der Waals surface area contributed by atoms with Gasteiger partial charge in [-0.2, -0.15) is 5.26 Å². The van der Waals surface area contributed by atoms with E-state index in [1.165, 1.54) is 19.3 Å². The number of hydrogen-bond donors (Lipinski definition) is 1. The number of nitrogens with one attached hydrogen (secondary N) is 1. The molecule has 0 aromatic carbocycles. The Hall–Kier alpha value is -1.40. The van der Waals surface area contributed by atoms with Gasteiger partial charge in [0.15, 0.2) is 0 Å². The van der Waals surface area contributed by atoms with Crippen LogP contribution in [-0.2, 0) is 6.54 Å². The highest BCUT2D eigenvalue weighted by atomic mass is 14.9. The van der Waals surface area contributed by atoms with Gasteiger partial charge in [-0.15, -0.1) is 0 Å². The molecule has 1 aliphatic rings. The molecule has 3 nitrogen and oxygen atoms in total. The van der Waals surface area contributed by atoms with Crippen molar-refractivity contribution < 1.29 is 0 Å². The fourth-order valence-corrected chi connectivity index (χ4v) is 2.55. The number of hydrogen-bond acceptors (Lipinski definition) is 3. The molecular weight excluding hydrogens is 210 g/mol. The topological polar surface area (TPSA) is 48.7 Å². The zero-order chi connectivity index (χ0) is 12.3. The van der Waals surface area contributed by atoms with Crippen LogP contribution in [0.3, 0.4) is 0 Å². The number of rotatable bonds is 3. The molecule has 0 aliphatic heterocycles. The Labute approximate surface area is 103 Å². The first-order valence-electron chi connectivity index (χ1n) is 6.18. The lowest BCUT2D eigenvalue weighted by atomic mass is 9.92. The highest BCUT2D eigenvalue weighted by molar-refractivity contribution is 5.30. The molecule has 1 aromatic heterocycles. The van der Waals surface area contributed by atoms with Gasteiger partial charge in [0.2, 0.25) is 0 Å². The van der Waals surface area contributed by atoms with E-state index in [-0.39, 0.29) is 0 Å². The monoisotopic (exact) mass is 229 g/mol. The minimum absolute atomic E-state index is 0.463. The van der Waals surface area contributed by atoms with Crippen molar-refractivity contribution in [3.63, 3.8) is 0 Å². The molecule has 1 saturated carbocycles. The van der Waals surface area contributed by atoms with Crippen LogP contribution in [-0.4, -0.2) is 11.0 Å². The van der Waals surface area contributed by atoms with Gasteiger partial charge in [-0.1, -0.05) is 19.9 Å². The summed E-state index contributed by atoms with van der Waals surface area (Å²) in [5.74, 6) is 0. The van der Waals surface area contributed by atoms with Gasteiger partial charge in [-0.25, -0.2) is 4.98 Å². The predicted octanol–water partition coefficient (Wildman–Crippen LogP) is 2.62. The molecule has 1 fully saturated rings. The average molecular weight is 229 g/mol. The molecule has 17 heavy (non-hydrogen) atoms. The van der Waals surface area contributed by atoms with Crippen LogP contribution in [0.15, 0.2) is 18.3 Å². The molecule has 3 heteroatoms. The van der Waals surface area contributed by atoms with Crippen LogP contribution in [0.25, 0.3) is 0 Å². The third-order valence-corrected chi connectivity index (χ3v) is 3.55. The summed E-state index contributed by atoms with van der Waals surface area (Å²) in [6.45, 7) is 5.39. The maximum atomic E-state index is 8.95. The van der Waals surface area contributed by atoms with Gasteiger partial charge in [-0.05, 0) is 30.7 Å². The molecule has 2 rings (SSSR count). The number of nitrogens with zero attached hydrogens (tertiary/aromatic N) is 2. The third kappa shape index (κ3) is 3.04. The largest absolute Gasteiger partial charge is 0.310 e. The van der Waals surface area contributed by atoms with Gasteiger partial charge in [0.05, 0.1) is 0 Å². The number of nitriles is 1. The van der Waals surface area contributed by atoms with Crippen LogP contribution in [0.4, 0.5) is 0 Å². The summed E-state index contributed by atoms with van der Waals surface area (Å²) in [6.07, 6.45) is 5.40. The van der Waals surface area contributed by atoms with Crippen molar-refractivity contribution in [3.05, 3.63) is 29.6 Å². The van der Waals surface area contributed by atoms with Gasteiger partial charge < -0.3 is 5.32 Å².